The van der Waals surface area contributed by atoms with E-state index < -0.39 is 29.4 Å². The summed E-state index contributed by atoms with van der Waals surface area (Å²) in [6.07, 6.45) is 4.39. The van der Waals surface area contributed by atoms with Gasteiger partial charge in [-0.3, -0.25) is 19.3 Å². The van der Waals surface area contributed by atoms with Crippen LogP contribution in [0.1, 0.15) is 5.56 Å². The monoisotopic (exact) mass is 346 g/mol. The molecule has 2 aromatic rings. The standard InChI is InChI=1S/C16H11FN2O4S/c17-11-2-1-3-12(7-11)18-14(20)8-19-15(21)13(24-16(19)22)6-10-4-5-23-9-10/h1-7,9H,8H2,(H,18,20)/b13-6+. The molecule has 8 heteroatoms. The number of rotatable bonds is 4. The average molecular weight is 346 g/mol. The maximum absolute atomic E-state index is 13.1. The van der Waals surface area contributed by atoms with Crippen LogP contribution in [0.25, 0.3) is 6.08 Å². The van der Waals surface area contributed by atoms with Crippen molar-refractivity contribution in [3.8, 4) is 0 Å². The summed E-state index contributed by atoms with van der Waals surface area (Å²) in [5, 5.41) is 1.90. The van der Waals surface area contributed by atoms with Crippen LogP contribution in [0, 0.1) is 5.82 Å². The van der Waals surface area contributed by atoms with Gasteiger partial charge in [-0.1, -0.05) is 6.07 Å². The molecule has 3 amide bonds. The van der Waals surface area contributed by atoms with Gasteiger partial charge in [0.2, 0.25) is 5.91 Å². The second-order valence-electron chi connectivity index (χ2n) is 4.88. The lowest BCUT2D eigenvalue weighted by Crippen LogP contribution is -2.36. The van der Waals surface area contributed by atoms with Gasteiger partial charge in [0, 0.05) is 11.3 Å². The van der Waals surface area contributed by atoms with Crippen molar-refractivity contribution < 1.29 is 23.2 Å². The lowest BCUT2D eigenvalue weighted by atomic mass is 10.3. The first-order valence-corrected chi connectivity index (χ1v) is 7.67. The minimum atomic E-state index is -0.590. The highest BCUT2D eigenvalue weighted by molar-refractivity contribution is 8.18. The number of amides is 3. The molecule has 1 fully saturated rings. The Bertz CT molecular complexity index is 832. The molecule has 3 rings (SSSR count). The molecule has 1 saturated heterocycles. The molecule has 122 valence electrons. The summed E-state index contributed by atoms with van der Waals surface area (Å²) in [5.41, 5.74) is 0.894. The number of hydrogen-bond acceptors (Lipinski definition) is 5. The quantitative estimate of drug-likeness (QED) is 0.861. The van der Waals surface area contributed by atoms with Crippen molar-refractivity contribution in [2.45, 2.75) is 0 Å². The first kappa shape index (κ1) is 16.0. The van der Waals surface area contributed by atoms with Crippen LogP contribution < -0.4 is 5.32 Å². The minimum absolute atomic E-state index is 0.208. The lowest BCUT2D eigenvalue weighted by molar-refractivity contribution is -0.127. The molecule has 1 N–H and O–H groups in total. The molecule has 0 aliphatic carbocycles. The molecule has 2 heterocycles. The predicted octanol–water partition coefficient (Wildman–Crippen LogP) is 3.09. The van der Waals surface area contributed by atoms with Gasteiger partial charge in [-0.2, -0.15) is 0 Å². The maximum Gasteiger partial charge on any atom is 0.294 e. The topological polar surface area (TPSA) is 79.6 Å². The van der Waals surface area contributed by atoms with Crippen molar-refractivity contribution in [1.29, 1.82) is 0 Å². The van der Waals surface area contributed by atoms with E-state index in [0.717, 1.165) is 22.7 Å². The second kappa shape index (κ2) is 6.71. The predicted molar refractivity (Wildman–Crippen MR) is 86.4 cm³/mol. The Morgan fingerprint density at radius 1 is 1.33 bits per heavy atom. The third-order valence-electron chi connectivity index (χ3n) is 3.12. The molecule has 1 aliphatic rings. The van der Waals surface area contributed by atoms with Crippen molar-refractivity contribution in [3.63, 3.8) is 0 Å². The van der Waals surface area contributed by atoms with Gasteiger partial charge in [0.1, 0.15) is 12.4 Å². The van der Waals surface area contributed by atoms with Crippen LogP contribution in [0.15, 0.2) is 52.2 Å². The van der Waals surface area contributed by atoms with Crippen LogP contribution in [0.3, 0.4) is 0 Å². The molecule has 0 spiro atoms. The summed E-state index contributed by atoms with van der Waals surface area (Å²) in [6, 6.07) is 6.98. The molecular weight excluding hydrogens is 335 g/mol. The third kappa shape index (κ3) is 3.54. The minimum Gasteiger partial charge on any atom is -0.472 e. The van der Waals surface area contributed by atoms with Crippen LogP contribution in [0.5, 0.6) is 0 Å². The Morgan fingerprint density at radius 3 is 2.88 bits per heavy atom. The van der Waals surface area contributed by atoms with E-state index in [9.17, 15) is 18.8 Å². The summed E-state index contributed by atoms with van der Waals surface area (Å²) < 4.78 is 18.0. The van der Waals surface area contributed by atoms with Gasteiger partial charge in [0.15, 0.2) is 0 Å². The summed E-state index contributed by atoms with van der Waals surface area (Å²) in [5.74, 6) is -1.64. The molecule has 1 aliphatic heterocycles. The zero-order valence-electron chi connectivity index (χ0n) is 12.2. The summed E-state index contributed by atoms with van der Waals surface area (Å²) in [7, 11) is 0. The molecule has 0 atom stereocenters. The highest BCUT2D eigenvalue weighted by Gasteiger charge is 2.36. The van der Waals surface area contributed by atoms with E-state index in [-0.39, 0.29) is 10.6 Å². The van der Waals surface area contributed by atoms with Crippen LogP contribution in [-0.4, -0.2) is 28.5 Å². The molecular formula is C16H11FN2O4S. The largest absolute Gasteiger partial charge is 0.472 e. The van der Waals surface area contributed by atoms with Gasteiger partial charge in [-0.25, -0.2) is 4.39 Å². The fourth-order valence-corrected chi connectivity index (χ4v) is 2.89. The van der Waals surface area contributed by atoms with Crippen molar-refractivity contribution in [2.75, 3.05) is 11.9 Å². The Morgan fingerprint density at radius 2 is 2.17 bits per heavy atom. The molecule has 0 saturated carbocycles. The number of carbonyl (C=O) groups is 3. The zero-order chi connectivity index (χ0) is 17.1. The van der Waals surface area contributed by atoms with Gasteiger partial charge >= 0.3 is 0 Å². The third-order valence-corrected chi connectivity index (χ3v) is 4.03. The van der Waals surface area contributed by atoms with Crippen molar-refractivity contribution >= 4 is 40.6 Å². The van der Waals surface area contributed by atoms with Crippen LogP contribution in [0.2, 0.25) is 0 Å². The van der Waals surface area contributed by atoms with Gasteiger partial charge in [0.25, 0.3) is 11.1 Å². The fraction of sp³-hybridized carbons (Fsp3) is 0.0625. The van der Waals surface area contributed by atoms with E-state index in [4.69, 9.17) is 4.42 Å². The van der Waals surface area contributed by atoms with E-state index in [1.165, 1.54) is 36.8 Å². The van der Waals surface area contributed by atoms with E-state index >= 15 is 0 Å². The van der Waals surface area contributed by atoms with Crippen molar-refractivity contribution in [3.05, 3.63) is 59.1 Å². The highest BCUT2D eigenvalue weighted by atomic mass is 32.2. The molecule has 0 bridgehead atoms. The number of nitrogens with one attached hydrogen (secondary N) is 1. The molecule has 24 heavy (non-hydrogen) atoms. The number of benzene rings is 1. The molecule has 6 nitrogen and oxygen atoms in total. The molecule has 1 aromatic heterocycles. The highest BCUT2D eigenvalue weighted by Crippen LogP contribution is 2.32. The Kier molecular flexibility index (Phi) is 4.48. The van der Waals surface area contributed by atoms with Crippen molar-refractivity contribution in [2.24, 2.45) is 0 Å². The van der Waals surface area contributed by atoms with Gasteiger partial charge < -0.3 is 9.73 Å². The second-order valence-corrected chi connectivity index (χ2v) is 5.88. The Balaban J connectivity index is 1.67. The van der Waals surface area contributed by atoms with Crippen LogP contribution in [-0.2, 0) is 9.59 Å². The summed E-state index contributed by atoms with van der Waals surface area (Å²) in [4.78, 5) is 37.2. The van der Waals surface area contributed by atoms with Gasteiger partial charge in [0.05, 0.1) is 17.4 Å². The number of halogens is 1. The number of furan rings is 1. The Hall–Kier alpha value is -2.87. The number of thioether (sulfide) groups is 1. The number of nitrogens with zero attached hydrogens (tertiary/aromatic N) is 1. The molecule has 0 unspecified atom stereocenters. The Labute approximate surface area is 140 Å². The maximum atomic E-state index is 13.1. The first-order chi connectivity index (χ1) is 11.5. The summed E-state index contributed by atoms with van der Waals surface area (Å²) >= 11 is 0.748. The molecule has 1 aromatic carbocycles. The van der Waals surface area contributed by atoms with E-state index in [1.54, 1.807) is 6.07 Å². The van der Waals surface area contributed by atoms with Crippen LogP contribution in [0.4, 0.5) is 14.9 Å². The molecule has 0 radical (unpaired) electrons. The SMILES string of the molecule is O=C(CN1C(=O)S/C(=C/c2ccoc2)C1=O)Nc1cccc(F)c1. The number of carbonyl (C=O) groups excluding carboxylic acids is 3. The smallest absolute Gasteiger partial charge is 0.294 e. The normalized spacial score (nSPS) is 16.0. The van der Waals surface area contributed by atoms with Gasteiger partial charge in [-0.15, -0.1) is 0 Å². The average Bonchev–Trinajstić information content (AvgIpc) is 3.12. The summed E-state index contributed by atoms with van der Waals surface area (Å²) in [6.45, 7) is -0.441. The van der Waals surface area contributed by atoms with Crippen LogP contribution >= 0.6 is 11.8 Å². The lowest BCUT2D eigenvalue weighted by Gasteiger charge is -2.12. The van der Waals surface area contributed by atoms with Crippen molar-refractivity contribution in [1.82, 2.24) is 4.90 Å². The number of anilines is 1. The first-order valence-electron chi connectivity index (χ1n) is 6.86. The van der Waals surface area contributed by atoms with E-state index in [0.29, 0.717) is 5.56 Å². The van der Waals surface area contributed by atoms with Gasteiger partial charge in [-0.05, 0) is 42.1 Å². The van der Waals surface area contributed by atoms with E-state index in [2.05, 4.69) is 5.32 Å². The number of imide groups is 1. The van der Waals surface area contributed by atoms with E-state index in [1.807, 2.05) is 0 Å². The zero-order valence-corrected chi connectivity index (χ0v) is 13.0. The fourth-order valence-electron chi connectivity index (χ4n) is 2.06. The number of hydrogen-bond donors (Lipinski definition) is 1.